The molecular weight excluding hydrogens is 440 g/mol. The van der Waals surface area contributed by atoms with Crippen molar-refractivity contribution in [3.63, 3.8) is 0 Å². The minimum Gasteiger partial charge on any atom is -0.489 e. The van der Waals surface area contributed by atoms with Gasteiger partial charge in [0.15, 0.2) is 0 Å². The largest absolute Gasteiger partial charge is 0.489 e. The van der Waals surface area contributed by atoms with E-state index in [9.17, 15) is 14.4 Å². The molecule has 0 spiro atoms. The summed E-state index contributed by atoms with van der Waals surface area (Å²) in [6.07, 6.45) is 1.45. The zero-order chi connectivity index (χ0) is 23.5. The van der Waals surface area contributed by atoms with Crippen LogP contribution in [0, 0.1) is 13.8 Å². The van der Waals surface area contributed by atoms with E-state index in [0.717, 1.165) is 10.5 Å². The number of nitrogens with one attached hydrogen (secondary N) is 1. The Morgan fingerprint density at radius 3 is 2.18 bits per heavy atom. The summed E-state index contributed by atoms with van der Waals surface area (Å²) in [6.45, 7) is 4.52. The molecule has 0 radical (unpaired) electrons. The van der Waals surface area contributed by atoms with Gasteiger partial charge >= 0.3 is 6.03 Å². The minimum absolute atomic E-state index is 0.145. The van der Waals surface area contributed by atoms with E-state index in [-0.39, 0.29) is 5.57 Å². The zero-order valence-corrected chi connectivity index (χ0v) is 18.8. The van der Waals surface area contributed by atoms with Crippen molar-refractivity contribution in [3.05, 3.63) is 99.6 Å². The number of hydrogen-bond donors (Lipinski definition) is 1. The number of ether oxygens (including phenoxy) is 1. The number of barbiturate groups is 1. The summed E-state index contributed by atoms with van der Waals surface area (Å²) in [5, 5.41) is 2.67. The van der Waals surface area contributed by atoms with E-state index in [1.807, 2.05) is 13.8 Å². The number of carbonyl (C=O) groups excluding carboxylic acids is 3. The Labute approximate surface area is 196 Å². The van der Waals surface area contributed by atoms with Crippen LogP contribution in [0.1, 0.15) is 22.3 Å². The second-order valence-electron chi connectivity index (χ2n) is 7.79. The molecule has 4 amide bonds. The Morgan fingerprint density at radius 2 is 1.55 bits per heavy atom. The van der Waals surface area contributed by atoms with Gasteiger partial charge in [-0.05, 0) is 67.4 Å². The topological polar surface area (TPSA) is 75.7 Å². The molecule has 3 aromatic carbocycles. The molecule has 1 aliphatic heterocycles. The summed E-state index contributed by atoms with van der Waals surface area (Å²) in [5.41, 5.74) is 4.23. The zero-order valence-electron chi connectivity index (χ0n) is 18.1. The van der Waals surface area contributed by atoms with Gasteiger partial charge in [-0.3, -0.25) is 14.9 Å². The maximum Gasteiger partial charge on any atom is 0.335 e. The van der Waals surface area contributed by atoms with Crippen LogP contribution in [-0.4, -0.2) is 17.8 Å². The summed E-state index contributed by atoms with van der Waals surface area (Å²) < 4.78 is 5.86. The van der Waals surface area contributed by atoms with E-state index in [1.165, 1.54) is 29.3 Å². The molecule has 3 aromatic rings. The third-order valence-electron chi connectivity index (χ3n) is 5.06. The van der Waals surface area contributed by atoms with Crippen molar-refractivity contribution in [3.8, 4) is 5.75 Å². The van der Waals surface area contributed by atoms with Crippen LogP contribution in [0.3, 0.4) is 0 Å². The molecule has 0 unspecified atom stereocenters. The van der Waals surface area contributed by atoms with Crippen molar-refractivity contribution in [2.45, 2.75) is 20.5 Å². The highest BCUT2D eigenvalue weighted by molar-refractivity contribution is 6.39. The molecule has 6 nitrogen and oxygen atoms in total. The van der Waals surface area contributed by atoms with Crippen molar-refractivity contribution in [1.82, 2.24) is 5.32 Å². The lowest BCUT2D eigenvalue weighted by Crippen LogP contribution is -2.54. The summed E-state index contributed by atoms with van der Waals surface area (Å²) >= 11 is 5.89. The van der Waals surface area contributed by atoms with Crippen molar-refractivity contribution in [2.24, 2.45) is 0 Å². The third kappa shape index (κ3) is 5.13. The van der Waals surface area contributed by atoms with E-state index in [4.69, 9.17) is 16.3 Å². The van der Waals surface area contributed by atoms with Crippen LogP contribution in [0.2, 0.25) is 5.02 Å². The Balaban J connectivity index is 1.51. The van der Waals surface area contributed by atoms with Gasteiger partial charge < -0.3 is 4.74 Å². The summed E-state index contributed by atoms with van der Waals surface area (Å²) in [5.74, 6) is -0.791. The standard InChI is InChI=1S/C26H21ClN2O4/c1-16-11-17(2)13-19(12-16)15-33-22-9-3-18(4-10-22)14-23-24(30)28-26(32)29(25(23)31)21-7-5-20(27)6-8-21/h3-14H,15H2,1-2H3,(H,28,30,32)/b23-14+. The number of anilines is 1. The molecule has 33 heavy (non-hydrogen) atoms. The number of benzene rings is 3. The Kier molecular flexibility index (Phi) is 6.29. The predicted octanol–water partition coefficient (Wildman–Crippen LogP) is 5.20. The number of halogens is 1. The quantitative estimate of drug-likeness (QED) is 0.419. The molecule has 0 saturated carbocycles. The van der Waals surface area contributed by atoms with Gasteiger partial charge in [-0.1, -0.05) is 53.1 Å². The SMILES string of the molecule is Cc1cc(C)cc(COc2ccc(/C=C3\C(=O)NC(=O)N(c4ccc(Cl)cc4)C3=O)cc2)c1. The van der Waals surface area contributed by atoms with E-state index < -0.39 is 17.8 Å². The smallest absolute Gasteiger partial charge is 0.335 e. The molecule has 0 bridgehead atoms. The molecule has 1 saturated heterocycles. The number of carbonyl (C=O) groups is 3. The lowest BCUT2D eigenvalue weighted by molar-refractivity contribution is -0.122. The van der Waals surface area contributed by atoms with Crippen LogP contribution in [0.25, 0.3) is 6.08 Å². The summed E-state index contributed by atoms with van der Waals surface area (Å²) in [4.78, 5) is 38.5. The molecule has 7 heteroatoms. The second-order valence-corrected chi connectivity index (χ2v) is 8.22. The summed E-state index contributed by atoms with van der Waals surface area (Å²) in [6, 6.07) is 18.7. The molecule has 1 heterocycles. The van der Waals surface area contributed by atoms with Crippen LogP contribution in [0.15, 0.2) is 72.3 Å². The molecule has 0 aromatic heterocycles. The average molecular weight is 461 g/mol. The normalized spacial score (nSPS) is 15.1. The minimum atomic E-state index is -0.806. The Hall–Kier alpha value is -3.90. The fraction of sp³-hybridized carbons (Fsp3) is 0.115. The van der Waals surface area contributed by atoms with Gasteiger partial charge in [0.2, 0.25) is 0 Å². The van der Waals surface area contributed by atoms with E-state index >= 15 is 0 Å². The van der Waals surface area contributed by atoms with Gasteiger partial charge in [-0.2, -0.15) is 0 Å². The molecule has 0 aliphatic carbocycles. The number of hydrogen-bond acceptors (Lipinski definition) is 4. The summed E-state index contributed by atoms with van der Waals surface area (Å²) in [7, 11) is 0. The van der Waals surface area contributed by atoms with E-state index in [1.54, 1.807) is 36.4 Å². The van der Waals surface area contributed by atoms with Crippen LogP contribution in [0.5, 0.6) is 5.75 Å². The first-order chi connectivity index (χ1) is 15.8. The van der Waals surface area contributed by atoms with Crippen LogP contribution >= 0.6 is 11.6 Å². The maximum absolute atomic E-state index is 12.9. The number of imide groups is 2. The van der Waals surface area contributed by atoms with Gasteiger partial charge in [0.1, 0.15) is 17.9 Å². The number of aryl methyl sites for hydroxylation is 2. The fourth-order valence-corrected chi connectivity index (χ4v) is 3.75. The molecule has 1 fully saturated rings. The first-order valence-corrected chi connectivity index (χ1v) is 10.6. The molecule has 1 aliphatic rings. The van der Waals surface area contributed by atoms with Crippen molar-refractivity contribution < 1.29 is 19.1 Å². The van der Waals surface area contributed by atoms with Crippen LogP contribution in [0.4, 0.5) is 10.5 Å². The highest BCUT2D eigenvalue weighted by atomic mass is 35.5. The first-order valence-electron chi connectivity index (χ1n) is 10.3. The fourth-order valence-electron chi connectivity index (χ4n) is 3.63. The van der Waals surface area contributed by atoms with Crippen molar-refractivity contribution >= 4 is 41.2 Å². The number of amides is 4. The predicted molar refractivity (Wildman–Crippen MR) is 127 cm³/mol. The molecule has 166 valence electrons. The first kappa shape index (κ1) is 22.3. The Morgan fingerprint density at radius 1 is 0.909 bits per heavy atom. The van der Waals surface area contributed by atoms with Crippen LogP contribution < -0.4 is 15.0 Å². The number of rotatable bonds is 5. The molecule has 0 atom stereocenters. The lowest BCUT2D eigenvalue weighted by Gasteiger charge is -2.26. The monoisotopic (exact) mass is 460 g/mol. The number of nitrogens with zero attached hydrogens (tertiary/aromatic N) is 1. The molecule has 4 rings (SSSR count). The van der Waals surface area contributed by atoms with Gasteiger partial charge in [0, 0.05) is 5.02 Å². The maximum atomic E-state index is 12.9. The lowest BCUT2D eigenvalue weighted by atomic mass is 10.1. The molecular formula is C26H21ClN2O4. The van der Waals surface area contributed by atoms with Gasteiger partial charge in [-0.15, -0.1) is 0 Å². The van der Waals surface area contributed by atoms with Gasteiger partial charge in [0.05, 0.1) is 5.69 Å². The molecule has 1 N–H and O–H groups in total. The highest BCUT2D eigenvalue weighted by Gasteiger charge is 2.36. The van der Waals surface area contributed by atoms with Crippen molar-refractivity contribution in [1.29, 1.82) is 0 Å². The van der Waals surface area contributed by atoms with Crippen LogP contribution in [-0.2, 0) is 16.2 Å². The second kappa shape index (κ2) is 9.30. The van der Waals surface area contributed by atoms with E-state index in [0.29, 0.717) is 28.6 Å². The average Bonchev–Trinajstić information content (AvgIpc) is 2.76. The highest BCUT2D eigenvalue weighted by Crippen LogP contribution is 2.24. The van der Waals surface area contributed by atoms with Gasteiger partial charge in [0.25, 0.3) is 11.8 Å². The van der Waals surface area contributed by atoms with E-state index in [2.05, 4.69) is 23.5 Å². The number of urea groups is 1. The Bertz CT molecular complexity index is 1240. The van der Waals surface area contributed by atoms with Gasteiger partial charge in [-0.25, -0.2) is 9.69 Å². The third-order valence-corrected chi connectivity index (χ3v) is 5.32. The van der Waals surface area contributed by atoms with Crippen molar-refractivity contribution in [2.75, 3.05) is 4.90 Å².